The van der Waals surface area contributed by atoms with E-state index in [0.29, 0.717) is 0 Å². The summed E-state index contributed by atoms with van der Waals surface area (Å²) in [5, 5.41) is 0. The van der Waals surface area contributed by atoms with Crippen LogP contribution >= 0.6 is 0 Å². The Morgan fingerprint density at radius 3 is 0.716 bits per heavy atom. The summed E-state index contributed by atoms with van der Waals surface area (Å²) in [5.74, 6) is 0. The van der Waals surface area contributed by atoms with Crippen LogP contribution in [0.3, 0.4) is 0 Å². The third kappa shape index (κ3) is 19.0. The van der Waals surface area contributed by atoms with Crippen molar-refractivity contribution in [2.45, 2.75) is 166 Å². The lowest BCUT2D eigenvalue weighted by Gasteiger charge is -2.10. The minimum absolute atomic E-state index is 1.29. The molecule has 0 bridgehead atoms. The molecule has 0 saturated carbocycles. The maximum atomic E-state index is 2.28. The van der Waals surface area contributed by atoms with Gasteiger partial charge in [-0.2, -0.15) is 27.4 Å². The second kappa shape index (κ2) is 34.7. The molecule has 12 rings (SSSR count). The molecular weight excluding hydrogens is 1240 g/mol. The van der Waals surface area contributed by atoms with Crippen LogP contribution < -0.4 is 27.4 Å². The number of nitrogens with zero attached hydrogens (tertiary/aromatic N) is 6. The number of hydrogen-bond acceptors (Lipinski definition) is 0. The third-order valence-electron chi connectivity index (χ3n) is 20.9. The molecule has 102 heavy (non-hydrogen) atoms. The lowest BCUT2D eigenvalue weighted by Crippen LogP contribution is -2.36. The molecule has 0 N–H and O–H groups in total. The van der Waals surface area contributed by atoms with Gasteiger partial charge in [0.25, 0.3) is 0 Å². The molecule has 0 atom stereocenters. The normalized spacial score (nSPS) is 10.6. The molecule has 0 saturated heterocycles. The van der Waals surface area contributed by atoms with Crippen molar-refractivity contribution < 1.29 is 27.4 Å². The highest BCUT2D eigenvalue weighted by atomic mass is 15.0. The molecule has 528 valence electrons. The first-order valence-corrected chi connectivity index (χ1v) is 36.3. The summed E-state index contributed by atoms with van der Waals surface area (Å²) in [6, 6.07) is 65.8. The van der Waals surface area contributed by atoms with Crippen LogP contribution in [0.2, 0.25) is 0 Å². The van der Waals surface area contributed by atoms with E-state index >= 15 is 0 Å². The van der Waals surface area contributed by atoms with Gasteiger partial charge in [-0.1, -0.05) is 108 Å². The van der Waals surface area contributed by atoms with Gasteiger partial charge in [-0.05, 0) is 227 Å². The third-order valence-corrected chi connectivity index (χ3v) is 20.9. The lowest BCUT2D eigenvalue weighted by molar-refractivity contribution is -0.667. The van der Waals surface area contributed by atoms with Gasteiger partial charge in [-0.15, -0.1) is 0 Å². The predicted octanol–water partition coefficient (Wildman–Crippen LogP) is 20.5. The van der Waals surface area contributed by atoms with Crippen LogP contribution in [0.4, 0.5) is 0 Å². The SMILES string of the molecule is Cc1cc(C)[n+](C)c(-c2c(C)cccc2C)c1.Cc1cc(C)[n+](C)c(-c2c(C)cccc2C)c1.Cc1ccc(C)c(-c2cc(C)cc(C)[n+]2C)c1.Cc1ccc(C)c(-c2cc(C)cc(C)[n+]2C)c1.Cc1ccccc1-c1c(C)c(C)cc(C)[n+]1C.Cc1ccccc1-c1c(C)c(C)cc(C)[n+]1C. The van der Waals surface area contributed by atoms with E-state index in [0.717, 1.165) is 0 Å². The Balaban J connectivity index is 0.000000172. The highest BCUT2D eigenvalue weighted by molar-refractivity contribution is 5.69. The summed E-state index contributed by atoms with van der Waals surface area (Å²) >= 11 is 0. The lowest BCUT2D eigenvalue weighted by atomic mass is 9.98. The molecule has 0 amide bonds. The Bertz CT molecular complexity index is 4630. The van der Waals surface area contributed by atoms with E-state index in [-0.39, 0.29) is 0 Å². The van der Waals surface area contributed by atoms with E-state index in [9.17, 15) is 0 Å². The van der Waals surface area contributed by atoms with Crippen LogP contribution in [0.15, 0.2) is 182 Å². The van der Waals surface area contributed by atoms with E-state index in [1.807, 2.05) is 0 Å². The van der Waals surface area contributed by atoms with Gasteiger partial charge >= 0.3 is 0 Å². The first-order valence-electron chi connectivity index (χ1n) is 36.3. The smallest absolute Gasteiger partial charge is 0.199 e. The maximum absolute atomic E-state index is 2.28. The Labute approximate surface area is 616 Å². The first kappa shape index (κ1) is 79.5. The van der Waals surface area contributed by atoms with Gasteiger partial charge in [0.2, 0.25) is 34.2 Å². The number of rotatable bonds is 6. The van der Waals surface area contributed by atoms with Crippen LogP contribution in [0.5, 0.6) is 0 Å². The summed E-state index contributed by atoms with van der Waals surface area (Å²) in [6.45, 7) is 52.0. The quantitative estimate of drug-likeness (QED) is 0.148. The Kier molecular flexibility index (Phi) is 27.1. The molecule has 6 aromatic heterocycles. The molecule has 0 unspecified atom stereocenters. The van der Waals surface area contributed by atoms with Crippen molar-refractivity contribution in [2.24, 2.45) is 42.3 Å². The van der Waals surface area contributed by atoms with Crippen LogP contribution in [0.25, 0.3) is 67.5 Å². The molecule has 6 nitrogen and oxygen atoms in total. The summed E-state index contributed by atoms with van der Waals surface area (Å²) in [4.78, 5) is 0. The summed E-state index contributed by atoms with van der Waals surface area (Å²) in [7, 11) is 12.8. The zero-order valence-electron chi connectivity index (χ0n) is 68.0. The van der Waals surface area contributed by atoms with Crippen molar-refractivity contribution in [3.05, 3.63) is 316 Å². The van der Waals surface area contributed by atoms with Crippen molar-refractivity contribution in [2.75, 3.05) is 0 Å². The highest BCUT2D eigenvalue weighted by Gasteiger charge is 2.24. The number of benzene rings is 6. The van der Waals surface area contributed by atoms with Gasteiger partial charge in [0.1, 0.15) is 42.3 Å². The topological polar surface area (TPSA) is 23.3 Å². The van der Waals surface area contributed by atoms with Crippen molar-refractivity contribution in [3.8, 4) is 67.5 Å². The molecule has 0 aliphatic carbocycles. The van der Waals surface area contributed by atoms with Crippen molar-refractivity contribution in [1.82, 2.24) is 0 Å². The molecule has 6 heteroatoms. The second-order valence-electron chi connectivity index (χ2n) is 29.3. The van der Waals surface area contributed by atoms with Gasteiger partial charge in [0.15, 0.2) is 34.2 Å². The predicted molar refractivity (Wildman–Crippen MR) is 432 cm³/mol. The van der Waals surface area contributed by atoms with E-state index in [1.54, 1.807) is 0 Å². The van der Waals surface area contributed by atoms with Gasteiger partial charge in [-0.25, -0.2) is 0 Å². The molecule has 0 aliphatic rings. The fourth-order valence-corrected chi connectivity index (χ4v) is 14.0. The zero-order chi connectivity index (χ0) is 75.5. The highest BCUT2D eigenvalue weighted by Crippen LogP contribution is 2.31. The second-order valence-corrected chi connectivity index (χ2v) is 29.3. The minimum atomic E-state index is 1.29. The van der Waals surface area contributed by atoms with Crippen LogP contribution in [0.1, 0.15) is 134 Å². The van der Waals surface area contributed by atoms with E-state index in [4.69, 9.17) is 0 Å². The standard InChI is InChI=1S/6C16H20N/c2*1-11-6-7-13(3)15(9-11)16-10-12(2)8-14(4)17(16)5;2*1-11-9-14(4)17(5)15(10-11)16-12(2)7-6-8-13(16)3;2*1-11-8-6-7-9-15(11)16-14(4)12(2)10-13(3)17(16)5/h6*6-10H,1-5H3/q6*+1. The van der Waals surface area contributed by atoms with Gasteiger partial charge in [0, 0.05) is 136 Å². The summed E-state index contributed by atoms with van der Waals surface area (Å²) in [5.41, 5.74) is 47.7. The van der Waals surface area contributed by atoms with E-state index in [1.165, 1.54) is 202 Å². The van der Waals surface area contributed by atoms with Gasteiger partial charge in [0.05, 0.1) is 11.1 Å². The Morgan fingerprint density at radius 1 is 0.176 bits per heavy atom. The van der Waals surface area contributed by atoms with Gasteiger partial charge in [-0.3, -0.25) is 0 Å². The van der Waals surface area contributed by atoms with Crippen molar-refractivity contribution in [3.63, 3.8) is 0 Å². The number of pyridine rings is 6. The van der Waals surface area contributed by atoms with Crippen LogP contribution in [0, 0.1) is 166 Å². The first-order chi connectivity index (χ1) is 48.0. The summed E-state index contributed by atoms with van der Waals surface area (Å²) in [6.07, 6.45) is 0. The average molecular weight is 1360 g/mol. The molecule has 0 fully saturated rings. The molecule has 12 aromatic rings. The molecule has 6 heterocycles. The molecule has 0 spiro atoms. The average Bonchev–Trinajstić information content (AvgIpc) is 0.998. The van der Waals surface area contributed by atoms with E-state index in [2.05, 4.69) is 418 Å². The number of aryl methyl sites for hydroxylation is 22. The monoisotopic (exact) mass is 1360 g/mol. The van der Waals surface area contributed by atoms with Crippen LogP contribution in [-0.2, 0) is 42.3 Å². The van der Waals surface area contributed by atoms with Crippen molar-refractivity contribution >= 4 is 0 Å². The molecular formula is C96H120N6+6. The van der Waals surface area contributed by atoms with E-state index < -0.39 is 0 Å². The maximum Gasteiger partial charge on any atom is 0.215 e. The molecule has 0 radical (unpaired) electrons. The molecule has 0 aliphatic heterocycles. The summed E-state index contributed by atoms with van der Waals surface area (Å²) < 4.78 is 13.6. The minimum Gasteiger partial charge on any atom is -0.199 e. The Hall–Kier alpha value is -9.78. The van der Waals surface area contributed by atoms with Gasteiger partial charge < -0.3 is 0 Å². The molecule has 6 aromatic carbocycles. The Morgan fingerprint density at radius 2 is 0.422 bits per heavy atom. The fraction of sp³-hybridized carbons (Fsp3) is 0.312. The van der Waals surface area contributed by atoms with Crippen molar-refractivity contribution in [1.29, 1.82) is 0 Å². The number of hydrogen-bond donors (Lipinski definition) is 0. The number of aromatic nitrogens is 6. The van der Waals surface area contributed by atoms with Crippen LogP contribution in [-0.4, -0.2) is 0 Å². The fourth-order valence-electron chi connectivity index (χ4n) is 14.0. The largest absolute Gasteiger partial charge is 0.215 e. The zero-order valence-corrected chi connectivity index (χ0v) is 68.0.